The molecule has 12 N–H and O–H groups in total. The maximum Gasteiger partial charge on any atom is 0.187 e. The van der Waals surface area contributed by atoms with Gasteiger partial charge >= 0.3 is 0 Å². The van der Waals surface area contributed by atoms with Crippen molar-refractivity contribution in [3.05, 3.63) is 151 Å². The molecule has 0 saturated carbocycles. The van der Waals surface area contributed by atoms with Crippen LogP contribution in [0, 0.1) is 0 Å². The summed E-state index contributed by atoms with van der Waals surface area (Å²) in [6, 6.07) is 19.1. The number of hydrogen-bond acceptors (Lipinski definition) is 28. The predicted octanol–water partition coefficient (Wildman–Crippen LogP) is 0.190. The van der Waals surface area contributed by atoms with Crippen molar-refractivity contribution in [1.29, 1.82) is 0 Å². The molecule has 0 radical (unpaired) electrons. The number of fused-ring (bicyclic) bond motifs is 8. The van der Waals surface area contributed by atoms with Crippen LogP contribution in [0.3, 0.4) is 0 Å². The van der Waals surface area contributed by atoms with Crippen LogP contribution in [0.1, 0.15) is 117 Å². The van der Waals surface area contributed by atoms with Gasteiger partial charge < -0.3 is 109 Å². The van der Waals surface area contributed by atoms with Crippen LogP contribution in [0.25, 0.3) is 0 Å². The van der Waals surface area contributed by atoms with Gasteiger partial charge in [0.2, 0.25) is 0 Å². The number of para-hydroxylation sites is 1. The molecule has 1 aliphatic carbocycles. The molecule has 556 valence electrons. The SMILES string of the molecule is CCCCCCCOc1c2cccc1Cc1cc(CCn3cc(CO[C@@H]4O[C@H](CO)[C@@H](O)[C@H](O)[C@H]4O)nn3)cc(c1OC)Cc1cc(CCn3cc(CO[C@@H]4O[C@H](CO)[C@@H](O)[C@H](O)[C@H]4O)nn3)cc(c1OC)Cc1cc(CCn3cc(CO[C@@H]4O[C@H](CO)[C@@H](O)[C@H](O)[C@H]4O)nn3)cc(c1OC)C2. The van der Waals surface area contributed by atoms with Crippen molar-refractivity contribution in [2.24, 2.45) is 0 Å². The van der Waals surface area contributed by atoms with Gasteiger partial charge in [-0.15, -0.1) is 15.3 Å². The molecule has 0 amide bonds. The van der Waals surface area contributed by atoms with Gasteiger partial charge in [0, 0.05) is 45.3 Å². The summed E-state index contributed by atoms with van der Waals surface area (Å²) in [7, 11) is 5.01. The first-order valence-electron chi connectivity index (χ1n) is 34.6. The lowest BCUT2D eigenvalue weighted by Crippen LogP contribution is -2.59. The highest BCUT2D eigenvalue weighted by Crippen LogP contribution is 2.41. The molecule has 3 saturated heterocycles. The minimum Gasteiger partial charge on any atom is -0.496 e. The summed E-state index contributed by atoms with van der Waals surface area (Å²) < 4.78 is 65.6. The van der Waals surface area contributed by atoms with Crippen LogP contribution in [0.4, 0.5) is 0 Å². The fraction of sp³-hybridized carbons (Fsp3) is 0.577. The van der Waals surface area contributed by atoms with Gasteiger partial charge in [-0.25, -0.2) is 0 Å². The van der Waals surface area contributed by atoms with Crippen LogP contribution in [-0.2, 0) is 113 Å². The Morgan fingerprint density at radius 2 is 0.716 bits per heavy atom. The van der Waals surface area contributed by atoms with E-state index in [0.29, 0.717) is 106 Å². The number of aryl methyl sites for hydroxylation is 6. The van der Waals surface area contributed by atoms with Gasteiger partial charge in [0.1, 0.15) is 113 Å². The molecule has 3 aromatic heterocycles. The maximum atomic E-state index is 10.6. The van der Waals surface area contributed by atoms with Crippen LogP contribution in [0.2, 0.25) is 0 Å². The van der Waals surface area contributed by atoms with Crippen LogP contribution >= 0.6 is 0 Å². The molecular weight excluding hydrogens is 1330 g/mol. The van der Waals surface area contributed by atoms with E-state index in [2.05, 4.69) is 92.5 Å². The van der Waals surface area contributed by atoms with Crippen LogP contribution in [-0.4, -0.2) is 246 Å². The van der Waals surface area contributed by atoms with Gasteiger partial charge in [0.05, 0.1) is 86.2 Å². The first-order valence-corrected chi connectivity index (χ1v) is 34.6. The van der Waals surface area contributed by atoms with E-state index in [0.717, 1.165) is 99.1 Å². The Hall–Kier alpha value is -7.22. The van der Waals surface area contributed by atoms with E-state index in [1.165, 1.54) is 0 Å². The van der Waals surface area contributed by atoms with E-state index in [-0.39, 0.29) is 19.8 Å². The van der Waals surface area contributed by atoms with E-state index >= 15 is 0 Å². The lowest BCUT2D eigenvalue weighted by atomic mass is 9.88. The predicted molar refractivity (Wildman–Crippen MR) is 358 cm³/mol. The summed E-state index contributed by atoms with van der Waals surface area (Å²) >= 11 is 0. The Morgan fingerprint density at radius 3 is 1.02 bits per heavy atom. The molecule has 0 unspecified atom stereocenters. The number of ether oxygens (including phenoxy) is 10. The van der Waals surface area contributed by atoms with Gasteiger partial charge in [-0.1, -0.05) is 103 Å². The lowest BCUT2D eigenvalue weighted by Gasteiger charge is -2.39. The second-order valence-corrected chi connectivity index (χ2v) is 26.4. The van der Waals surface area contributed by atoms with Crippen molar-refractivity contribution in [2.45, 2.75) is 216 Å². The number of aliphatic hydroxyl groups excluding tert-OH is 12. The number of aliphatic hydroxyl groups is 12. The number of hydrogen-bond donors (Lipinski definition) is 12. The minimum absolute atomic E-state index is 0.155. The molecule has 102 heavy (non-hydrogen) atoms. The molecule has 3 fully saturated rings. The Labute approximate surface area is 589 Å². The highest BCUT2D eigenvalue weighted by molar-refractivity contribution is 5.58. The molecule has 4 aromatic carbocycles. The number of unbranched alkanes of at least 4 members (excludes halogenated alkanes) is 4. The quantitative estimate of drug-likeness (QED) is 0.0258. The zero-order chi connectivity index (χ0) is 72.1. The van der Waals surface area contributed by atoms with Gasteiger partial charge in [-0.3, -0.25) is 14.0 Å². The van der Waals surface area contributed by atoms with Gasteiger partial charge in [-0.05, 0) is 86.9 Å². The van der Waals surface area contributed by atoms with Gasteiger partial charge in [0.15, 0.2) is 18.9 Å². The topological polar surface area (TPSA) is 427 Å². The zero-order valence-corrected chi connectivity index (χ0v) is 57.6. The van der Waals surface area contributed by atoms with E-state index in [1.54, 1.807) is 54.0 Å². The molecule has 31 nitrogen and oxygen atoms in total. The molecule has 0 spiro atoms. The summed E-state index contributed by atoms with van der Waals surface area (Å²) in [5, 5.41) is 149. The number of methoxy groups -OCH3 is 3. The Balaban J connectivity index is 0.935. The monoisotopic (exact) mass is 1430 g/mol. The molecule has 3 aliphatic heterocycles. The number of rotatable bonds is 31. The minimum atomic E-state index is -1.61. The lowest BCUT2D eigenvalue weighted by molar-refractivity contribution is -0.304. The molecule has 11 rings (SSSR count). The normalized spacial score (nSPS) is 25.9. The maximum absolute atomic E-state index is 10.6. The van der Waals surface area contributed by atoms with Crippen molar-refractivity contribution in [3.63, 3.8) is 0 Å². The summed E-state index contributed by atoms with van der Waals surface area (Å²) in [5.74, 6) is 2.78. The average Bonchev–Trinajstić information content (AvgIpc) is 0.790. The third-order valence-electron chi connectivity index (χ3n) is 19.1. The van der Waals surface area contributed by atoms with Crippen LogP contribution in [0.15, 0.2) is 73.2 Å². The smallest absolute Gasteiger partial charge is 0.187 e. The Bertz CT molecular complexity index is 3650. The van der Waals surface area contributed by atoms with E-state index in [1.807, 2.05) is 0 Å². The van der Waals surface area contributed by atoms with Crippen molar-refractivity contribution in [2.75, 3.05) is 47.8 Å². The fourth-order valence-electron chi connectivity index (χ4n) is 13.7. The molecule has 8 bridgehead atoms. The van der Waals surface area contributed by atoms with E-state index < -0.39 is 112 Å². The van der Waals surface area contributed by atoms with E-state index in [9.17, 15) is 61.3 Å². The summed E-state index contributed by atoms with van der Waals surface area (Å²) in [6.07, 6.45) is -8.39. The van der Waals surface area contributed by atoms with Crippen molar-refractivity contribution in [1.82, 2.24) is 45.0 Å². The van der Waals surface area contributed by atoms with Crippen molar-refractivity contribution >= 4 is 0 Å². The molecular formula is C71H95N9O22. The highest BCUT2D eigenvalue weighted by Gasteiger charge is 2.47. The zero-order valence-electron chi connectivity index (χ0n) is 57.6. The molecule has 15 atom stereocenters. The third kappa shape index (κ3) is 18.1. The molecule has 6 heterocycles. The standard InChI is InChI=1S/C71H95N9O22/c1-5-6-7-8-9-19-96-68-42-11-10-12-43(68)27-45-21-40(14-17-79-31-51(73-76-79)37-98-70-63(91)60(88)57(85)54(34-82)101-70)23-47(66(45)94-3)29-49-25-41(15-18-80-32-52(74-77-80)38-99-71-64(92)61(89)58(86)55(35-83)102-71)24-48(67(49)95-4)28-46-22-39(20-44(26-42)65(46)93-2)13-16-78-30-50(72-75-78)36-97-69-62(90)59(87)56(84)53(33-81)100-69/h10-12,20-25,30-32,53-64,69-71,81-92H,5-9,13-19,26-29,33-38H2,1-4H3/t53-,54-,55-,56-,57-,58-,59+,60+,61+,62-,63-,64-,69-,70-,71-/m1/s1. The fourth-order valence-corrected chi connectivity index (χ4v) is 13.7. The summed E-state index contributed by atoms with van der Waals surface area (Å²) in [4.78, 5) is 0. The van der Waals surface area contributed by atoms with E-state index in [4.69, 9.17) is 47.4 Å². The second-order valence-electron chi connectivity index (χ2n) is 26.4. The first-order chi connectivity index (χ1) is 49.4. The Morgan fingerprint density at radius 1 is 0.402 bits per heavy atom. The third-order valence-corrected chi connectivity index (χ3v) is 19.1. The largest absolute Gasteiger partial charge is 0.496 e. The van der Waals surface area contributed by atoms with Crippen molar-refractivity contribution < 1.29 is 109 Å². The summed E-state index contributed by atoms with van der Waals surface area (Å²) in [5.41, 5.74) is 11.2. The van der Waals surface area contributed by atoms with Crippen LogP contribution < -0.4 is 18.9 Å². The highest BCUT2D eigenvalue weighted by atomic mass is 16.7. The second kappa shape index (κ2) is 35.5. The number of nitrogens with zero attached hydrogens (tertiary/aromatic N) is 9. The molecule has 31 heteroatoms. The summed E-state index contributed by atoms with van der Waals surface area (Å²) in [6.45, 7) is 1.53. The first kappa shape index (κ1) is 75.9. The van der Waals surface area contributed by atoms with Gasteiger partial charge in [-0.2, -0.15) is 0 Å². The van der Waals surface area contributed by atoms with Gasteiger partial charge in [0.25, 0.3) is 0 Å². The number of aromatic nitrogens is 9. The molecule has 4 aliphatic rings. The Kier molecular flexibility index (Phi) is 26.4. The van der Waals surface area contributed by atoms with Crippen LogP contribution in [0.5, 0.6) is 23.0 Å². The number of benzene rings is 4. The molecule has 7 aromatic rings. The van der Waals surface area contributed by atoms with Crippen molar-refractivity contribution in [3.8, 4) is 23.0 Å². The average molecular weight is 1430 g/mol.